The molecule has 3 nitrogen and oxygen atoms in total. The van der Waals surface area contributed by atoms with Gasteiger partial charge < -0.3 is 10.4 Å². The Hall–Kier alpha value is -1.72. The number of nitrogens with one attached hydrogen (secondary N) is 1. The lowest BCUT2D eigenvalue weighted by atomic mass is 10.1. The lowest BCUT2D eigenvalue weighted by Gasteiger charge is -2.08. The van der Waals surface area contributed by atoms with Crippen LogP contribution in [0.2, 0.25) is 0 Å². The van der Waals surface area contributed by atoms with Crippen LogP contribution in [-0.4, -0.2) is 24.2 Å². The van der Waals surface area contributed by atoms with E-state index in [1.54, 1.807) is 12.1 Å². The Kier molecular flexibility index (Phi) is 5.09. The molecule has 0 bridgehead atoms. The Bertz CT molecular complexity index is 622. The number of benzene rings is 1. The Morgan fingerprint density at radius 3 is 2.67 bits per heavy atom. The van der Waals surface area contributed by atoms with Crippen LogP contribution in [0.5, 0.6) is 0 Å². The number of hydrogen-bond donors (Lipinski definition) is 2. The maximum absolute atomic E-state index is 13.0. The zero-order valence-corrected chi connectivity index (χ0v) is 12.8. The number of thiophene rings is 1. The summed E-state index contributed by atoms with van der Waals surface area (Å²) >= 11 is 1.41. The molecule has 1 unspecified atom stereocenters. The smallest absolute Gasteiger partial charge is 0.261 e. The summed E-state index contributed by atoms with van der Waals surface area (Å²) in [6, 6.07) is 8.07. The molecule has 0 saturated carbocycles. The van der Waals surface area contributed by atoms with Gasteiger partial charge in [0.2, 0.25) is 0 Å². The average Bonchev–Trinajstić information content (AvgIpc) is 2.87. The monoisotopic (exact) mass is 307 g/mol. The van der Waals surface area contributed by atoms with Crippen molar-refractivity contribution >= 4 is 17.2 Å². The molecule has 1 heterocycles. The molecule has 2 aromatic rings. The fraction of sp³-hybridized carbons (Fsp3) is 0.312. The van der Waals surface area contributed by atoms with E-state index in [2.05, 4.69) is 5.32 Å². The first-order valence-corrected chi connectivity index (χ1v) is 7.58. The van der Waals surface area contributed by atoms with Crippen molar-refractivity contribution in [3.8, 4) is 11.1 Å². The molecule has 5 heteroatoms. The Morgan fingerprint density at radius 2 is 2.05 bits per heavy atom. The van der Waals surface area contributed by atoms with E-state index >= 15 is 0 Å². The average molecular weight is 307 g/mol. The lowest BCUT2D eigenvalue weighted by Crippen LogP contribution is -2.28. The SMILES string of the molecule is Cc1sc(C(=O)NCC(C)CO)cc1-c1ccc(F)cc1. The highest BCUT2D eigenvalue weighted by Crippen LogP contribution is 2.31. The minimum atomic E-state index is -0.275. The van der Waals surface area contributed by atoms with Crippen molar-refractivity contribution in [3.05, 3.63) is 45.9 Å². The standard InChI is InChI=1S/C16H18FNO2S/c1-10(9-19)8-18-16(20)15-7-14(11(2)21-15)12-3-5-13(17)6-4-12/h3-7,10,19H,8-9H2,1-2H3,(H,18,20). The van der Waals surface area contributed by atoms with Gasteiger partial charge in [0.1, 0.15) is 5.82 Å². The van der Waals surface area contributed by atoms with Gasteiger partial charge in [-0.05, 0) is 42.2 Å². The van der Waals surface area contributed by atoms with Crippen molar-refractivity contribution < 1.29 is 14.3 Å². The van der Waals surface area contributed by atoms with Gasteiger partial charge in [0.05, 0.1) is 4.88 Å². The summed E-state index contributed by atoms with van der Waals surface area (Å²) in [6.07, 6.45) is 0. The van der Waals surface area contributed by atoms with Gasteiger partial charge in [-0.25, -0.2) is 4.39 Å². The van der Waals surface area contributed by atoms with E-state index in [1.165, 1.54) is 23.5 Å². The molecule has 1 aromatic carbocycles. The molecule has 21 heavy (non-hydrogen) atoms. The summed E-state index contributed by atoms with van der Waals surface area (Å²) in [5, 5.41) is 11.8. The molecule has 0 aliphatic rings. The highest BCUT2D eigenvalue weighted by Gasteiger charge is 2.14. The van der Waals surface area contributed by atoms with Crippen LogP contribution in [0.1, 0.15) is 21.5 Å². The lowest BCUT2D eigenvalue weighted by molar-refractivity contribution is 0.0946. The van der Waals surface area contributed by atoms with Gasteiger partial charge >= 0.3 is 0 Å². The van der Waals surface area contributed by atoms with Gasteiger partial charge in [-0.15, -0.1) is 11.3 Å². The van der Waals surface area contributed by atoms with Gasteiger partial charge in [0.15, 0.2) is 0 Å². The first-order valence-electron chi connectivity index (χ1n) is 6.76. The maximum atomic E-state index is 13.0. The number of hydrogen-bond acceptors (Lipinski definition) is 3. The summed E-state index contributed by atoms with van der Waals surface area (Å²) in [6.45, 7) is 4.29. The fourth-order valence-electron chi connectivity index (χ4n) is 1.93. The molecule has 0 aliphatic carbocycles. The molecule has 0 fully saturated rings. The first-order chi connectivity index (χ1) is 10.0. The minimum absolute atomic E-state index is 0.0339. The van der Waals surface area contributed by atoms with Gasteiger partial charge in [0.25, 0.3) is 5.91 Å². The number of carbonyl (C=O) groups excluding carboxylic acids is 1. The van der Waals surface area contributed by atoms with Crippen LogP contribution in [0.25, 0.3) is 11.1 Å². The van der Waals surface area contributed by atoms with Gasteiger partial charge in [0, 0.05) is 18.0 Å². The first kappa shape index (κ1) is 15.7. The van der Waals surface area contributed by atoms with Crippen LogP contribution in [0.15, 0.2) is 30.3 Å². The predicted octanol–water partition coefficient (Wildman–Crippen LogP) is 3.22. The minimum Gasteiger partial charge on any atom is -0.396 e. The third kappa shape index (κ3) is 3.89. The number of aryl methyl sites for hydroxylation is 1. The topological polar surface area (TPSA) is 49.3 Å². The van der Waals surface area contributed by atoms with E-state index < -0.39 is 0 Å². The number of aliphatic hydroxyl groups is 1. The number of carbonyl (C=O) groups is 1. The van der Waals surface area contributed by atoms with Crippen LogP contribution in [-0.2, 0) is 0 Å². The van der Waals surface area contributed by atoms with Gasteiger partial charge in [-0.2, -0.15) is 0 Å². The summed E-state index contributed by atoms with van der Waals surface area (Å²) in [5.74, 6) is -0.383. The van der Waals surface area contributed by atoms with Crippen molar-refractivity contribution in [3.63, 3.8) is 0 Å². The zero-order valence-electron chi connectivity index (χ0n) is 12.0. The molecule has 1 atom stereocenters. The van der Waals surface area contributed by atoms with E-state index in [4.69, 9.17) is 5.11 Å². The molecule has 2 rings (SSSR count). The van der Waals surface area contributed by atoms with Crippen molar-refractivity contribution in [2.75, 3.05) is 13.2 Å². The molecule has 1 aromatic heterocycles. The zero-order chi connectivity index (χ0) is 15.4. The third-order valence-electron chi connectivity index (χ3n) is 3.22. The Balaban J connectivity index is 2.15. The normalized spacial score (nSPS) is 12.2. The van der Waals surface area contributed by atoms with Crippen LogP contribution in [0, 0.1) is 18.7 Å². The van der Waals surface area contributed by atoms with Crippen molar-refractivity contribution in [1.82, 2.24) is 5.32 Å². The summed E-state index contributed by atoms with van der Waals surface area (Å²) in [7, 11) is 0. The van der Waals surface area contributed by atoms with Gasteiger partial charge in [-0.1, -0.05) is 19.1 Å². The fourth-order valence-corrected chi connectivity index (χ4v) is 2.89. The van der Waals surface area contributed by atoms with Crippen LogP contribution < -0.4 is 5.32 Å². The van der Waals surface area contributed by atoms with Crippen molar-refractivity contribution in [2.45, 2.75) is 13.8 Å². The molecule has 0 spiro atoms. The van der Waals surface area contributed by atoms with Crippen LogP contribution >= 0.6 is 11.3 Å². The second kappa shape index (κ2) is 6.83. The molecular weight excluding hydrogens is 289 g/mol. The van der Waals surface area contributed by atoms with E-state index in [0.29, 0.717) is 11.4 Å². The second-order valence-corrected chi connectivity index (χ2v) is 6.34. The number of rotatable bonds is 5. The maximum Gasteiger partial charge on any atom is 0.261 e. The molecule has 0 saturated heterocycles. The highest BCUT2D eigenvalue weighted by atomic mass is 32.1. The summed E-state index contributed by atoms with van der Waals surface area (Å²) in [5.41, 5.74) is 1.84. The quantitative estimate of drug-likeness (QED) is 0.891. The molecule has 2 N–H and O–H groups in total. The molecule has 0 radical (unpaired) electrons. The number of halogens is 1. The molecular formula is C16H18FNO2S. The van der Waals surface area contributed by atoms with E-state index in [0.717, 1.165) is 16.0 Å². The molecule has 112 valence electrons. The summed E-state index contributed by atoms with van der Waals surface area (Å²) in [4.78, 5) is 13.7. The van der Waals surface area contributed by atoms with E-state index in [1.807, 2.05) is 19.9 Å². The molecule has 0 aliphatic heterocycles. The van der Waals surface area contributed by atoms with E-state index in [-0.39, 0.29) is 24.2 Å². The Labute approximate surface area is 127 Å². The van der Waals surface area contributed by atoms with Crippen molar-refractivity contribution in [2.24, 2.45) is 5.92 Å². The van der Waals surface area contributed by atoms with E-state index in [9.17, 15) is 9.18 Å². The molecule has 1 amide bonds. The highest BCUT2D eigenvalue weighted by molar-refractivity contribution is 7.14. The number of aliphatic hydroxyl groups excluding tert-OH is 1. The second-order valence-electron chi connectivity index (χ2n) is 5.09. The largest absolute Gasteiger partial charge is 0.396 e. The number of amides is 1. The van der Waals surface area contributed by atoms with Crippen LogP contribution in [0.3, 0.4) is 0 Å². The van der Waals surface area contributed by atoms with Crippen LogP contribution in [0.4, 0.5) is 4.39 Å². The third-order valence-corrected chi connectivity index (χ3v) is 4.27. The van der Waals surface area contributed by atoms with Crippen molar-refractivity contribution in [1.29, 1.82) is 0 Å². The summed E-state index contributed by atoms with van der Waals surface area (Å²) < 4.78 is 13.0. The Morgan fingerprint density at radius 1 is 1.38 bits per heavy atom. The van der Waals surface area contributed by atoms with Gasteiger partial charge in [-0.3, -0.25) is 4.79 Å². The predicted molar refractivity (Wildman–Crippen MR) is 83.0 cm³/mol.